The summed E-state index contributed by atoms with van der Waals surface area (Å²) in [6, 6.07) is 21.6. The number of rotatable bonds is 8. The predicted octanol–water partition coefficient (Wildman–Crippen LogP) is 6.50. The molecule has 5 nitrogen and oxygen atoms in total. The summed E-state index contributed by atoms with van der Waals surface area (Å²) in [6.45, 7) is 4.27. The summed E-state index contributed by atoms with van der Waals surface area (Å²) in [5.74, 6) is 1.50. The number of amides is 1. The lowest BCUT2D eigenvalue weighted by atomic mass is 9.99. The highest BCUT2D eigenvalue weighted by molar-refractivity contribution is 7.21. The van der Waals surface area contributed by atoms with Gasteiger partial charge >= 0.3 is 0 Å². The van der Waals surface area contributed by atoms with E-state index in [0.29, 0.717) is 23.1 Å². The van der Waals surface area contributed by atoms with Gasteiger partial charge in [0.15, 0.2) is 6.61 Å². The van der Waals surface area contributed by atoms with Gasteiger partial charge in [0.2, 0.25) is 0 Å². The third-order valence-corrected chi connectivity index (χ3v) is 6.53. The lowest BCUT2D eigenvalue weighted by Gasteiger charge is -2.13. The topological polar surface area (TPSA) is 60.5 Å². The smallest absolute Gasteiger partial charge is 0.262 e. The molecule has 1 heterocycles. The molecule has 0 aliphatic carbocycles. The molecule has 0 spiro atoms. The van der Waals surface area contributed by atoms with Gasteiger partial charge in [-0.25, -0.2) is 4.98 Å². The molecule has 4 rings (SSSR count). The van der Waals surface area contributed by atoms with Gasteiger partial charge in [0, 0.05) is 5.56 Å². The van der Waals surface area contributed by atoms with Crippen LogP contribution in [0.5, 0.6) is 11.5 Å². The second-order valence-corrected chi connectivity index (χ2v) is 8.65. The van der Waals surface area contributed by atoms with E-state index in [4.69, 9.17) is 14.5 Å². The lowest BCUT2D eigenvalue weighted by molar-refractivity contribution is -0.118. The van der Waals surface area contributed by atoms with Crippen molar-refractivity contribution in [3.05, 3.63) is 72.3 Å². The molecule has 0 saturated heterocycles. The van der Waals surface area contributed by atoms with Crippen molar-refractivity contribution >= 4 is 33.1 Å². The average molecular weight is 447 g/mol. The minimum Gasteiger partial charge on any atom is -0.495 e. The van der Waals surface area contributed by atoms with Crippen LogP contribution >= 0.6 is 11.3 Å². The zero-order valence-corrected chi connectivity index (χ0v) is 19.2. The number of nitrogens with one attached hydrogen (secondary N) is 1. The number of hydrogen-bond acceptors (Lipinski definition) is 5. The van der Waals surface area contributed by atoms with E-state index in [2.05, 4.69) is 25.2 Å². The molecule has 0 saturated carbocycles. The standard InChI is InChI=1S/C26H26N2O3S/c1-4-17(2)18-9-12-20(13-10-18)31-16-25(29)27-22-15-19(11-14-23(22)30-3)26-28-21-7-5-6-8-24(21)32-26/h5-15,17H,4,16H2,1-3H3,(H,27,29)/t17-/m0/s1. The average Bonchev–Trinajstić information content (AvgIpc) is 3.27. The van der Waals surface area contributed by atoms with E-state index >= 15 is 0 Å². The van der Waals surface area contributed by atoms with Gasteiger partial charge in [-0.2, -0.15) is 0 Å². The van der Waals surface area contributed by atoms with Crippen LogP contribution in [0.1, 0.15) is 31.7 Å². The molecule has 32 heavy (non-hydrogen) atoms. The van der Waals surface area contributed by atoms with Crippen molar-refractivity contribution in [2.24, 2.45) is 0 Å². The van der Waals surface area contributed by atoms with Crippen molar-refractivity contribution in [1.82, 2.24) is 4.98 Å². The Balaban J connectivity index is 1.45. The van der Waals surface area contributed by atoms with Crippen LogP contribution in [0.3, 0.4) is 0 Å². The van der Waals surface area contributed by atoms with E-state index in [1.807, 2.05) is 60.7 Å². The number of aromatic nitrogens is 1. The summed E-state index contributed by atoms with van der Waals surface area (Å²) in [7, 11) is 1.58. The van der Waals surface area contributed by atoms with Crippen LogP contribution in [0.25, 0.3) is 20.8 Å². The molecule has 0 aliphatic heterocycles. The number of ether oxygens (including phenoxy) is 2. The van der Waals surface area contributed by atoms with Crippen LogP contribution in [0, 0.1) is 0 Å². The first-order valence-corrected chi connectivity index (χ1v) is 11.5. The van der Waals surface area contributed by atoms with Crippen LogP contribution in [0.4, 0.5) is 5.69 Å². The summed E-state index contributed by atoms with van der Waals surface area (Å²) >= 11 is 1.61. The molecule has 3 aromatic carbocycles. The quantitative estimate of drug-likeness (QED) is 0.335. The Morgan fingerprint density at radius 1 is 1.09 bits per heavy atom. The van der Waals surface area contributed by atoms with E-state index in [9.17, 15) is 4.79 Å². The summed E-state index contributed by atoms with van der Waals surface area (Å²) < 4.78 is 12.2. The van der Waals surface area contributed by atoms with E-state index < -0.39 is 0 Å². The fraction of sp³-hybridized carbons (Fsp3) is 0.231. The highest BCUT2D eigenvalue weighted by atomic mass is 32.1. The second kappa shape index (κ2) is 9.83. The zero-order valence-electron chi connectivity index (χ0n) is 18.4. The maximum absolute atomic E-state index is 12.6. The van der Waals surface area contributed by atoms with Crippen molar-refractivity contribution in [3.8, 4) is 22.1 Å². The van der Waals surface area contributed by atoms with Crippen LogP contribution < -0.4 is 14.8 Å². The Morgan fingerprint density at radius 2 is 1.88 bits per heavy atom. The number of carbonyl (C=O) groups is 1. The Labute approximate surface area is 192 Å². The number of anilines is 1. The van der Waals surface area contributed by atoms with Gasteiger partial charge in [-0.05, 0) is 60.4 Å². The number of thiazole rings is 1. The van der Waals surface area contributed by atoms with Gasteiger partial charge in [0.05, 0.1) is 23.0 Å². The van der Waals surface area contributed by atoms with Crippen LogP contribution in [0.15, 0.2) is 66.7 Å². The minimum atomic E-state index is -0.254. The molecule has 1 atom stereocenters. The van der Waals surface area contributed by atoms with Gasteiger partial charge < -0.3 is 14.8 Å². The van der Waals surface area contributed by atoms with Crippen LogP contribution in [-0.2, 0) is 4.79 Å². The van der Waals surface area contributed by atoms with Crippen molar-refractivity contribution in [2.75, 3.05) is 19.0 Å². The highest BCUT2D eigenvalue weighted by Crippen LogP contribution is 2.34. The van der Waals surface area contributed by atoms with E-state index in [0.717, 1.165) is 27.2 Å². The molecule has 0 bridgehead atoms. The monoisotopic (exact) mass is 446 g/mol. The Bertz CT molecular complexity index is 1180. The van der Waals surface area contributed by atoms with Gasteiger partial charge in [0.25, 0.3) is 5.91 Å². The summed E-state index contributed by atoms with van der Waals surface area (Å²) in [4.78, 5) is 17.3. The highest BCUT2D eigenvalue weighted by Gasteiger charge is 2.13. The maximum Gasteiger partial charge on any atom is 0.262 e. The summed E-state index contributed by atoms with van der Waals surface area (Å²) in [5.41, 5.74) is 3.73. The number of carbonyl (C=O) groups excluding carboxylic acids is 1. The Kier molecular flexibility index (Phi) is 6.71. The lowest BCUT2D eigenvalue weighted by Crippen LogP contribution is -2.20. The number of hydrogen-bond donors (Lipinski definition) is 1. The molecule has 1 aromatic heterocycles. The fourth-order valence-electron chi connectivity index (χ4n) is 3.40. The van der Waals surface area contributed by atoms with Crippen LogP contribution in [-0.4, -0.2) is 24.6 Å². The molecule has 0 aliphatic rings. The van der Waals surface area contributed by atoms with E-state index in [1.54, 1.807) is 18.4 Å². The molecule has 1 amide bonds. The molecule has 0 unspecified atom stereocenters. The van der Waals surface area contributed by atoms with Gasteiger partial charge in [-0.1, -0.05) is 38.1 Å². The van der Waals surface area contributed by atoms with Crippen molar-refractivity contribution in [3.63, 3.8) is 0 Å². The fourth-order valence-corrected chi connectivity index (χ4v) is 4.36. The van der Waals surface area contributed by atoms with Crippen molar-refractivity contribution in [1.29, 1.82) is 0 Å². The molecule has 4 aromatic rings. The molecular weight excluding hydrogens is 420 g/mol. The first kappa shape index (κ1) is 21.8. The van der Waals surface area contributed by atoms with Crippen molar-refractivity contribution in [2.45, 2.75) is 26.2 Å². The van der Waals surface area contributed by atoms with E-state index in [1.165, 1.54) is 5.56 Å². The number of fused-ring (bicyclic) bond motifs is 1. The SMILES string of the molecule is CC[C@H](C)c1ccc(OCC(=O)Nc2cc(-c3nc4ccccc4s3)ccc2OC)cc1. The number of para-hydroxylation sites is 1. The minimum absolute atomic E-state index is 0.0861. The van der Waals surface area contributed by atoms with Gasteiger partial charge in [-0.15, -0.1) is 11.3 Å². The molecule has 0 fully saturated rings. The Hall–Kier alpha value is -3.38. The first-order valence-electron chi connectivity index (χ1n) is 10.6. The maximum atomic E-state index is 12.6. The molecular formula is C26H26N2O3S. The van der Waals surface area contributed by atoms with Crippen LogP contribution in [0.2, 0.25) is 0 Å². The Morgan fingerprint density at radius 3 is 2.59 bits per heavy atom. The van der Waals surface area contributed by atoms with Gasteiger partial charge in [-0.3, -0.25) is 4.79 Å². The third-order valence-electron chi connectivity index (χ3n) is 5.45. The molecule has 0 radical (unpaired) electrons. The van der Waals surface area contributed by atoms with E-state index in [-0.39, 0.29) is 12.5 Å². The third kappa shape index (κ3) is 4.92. The zero-order chi connectivity index (χ0) is 22.5. The number of nitrogens with zero attached hydrogens (tertiary/aromatic N) is 1. The first-order chi connectivity index (χ1) is 15.6. The predicted molar refractivity (Wildman–Crippen MR) is 131 cm³/mol. The normalized spacial score (nSPS) is 11.8. The van der Waals surface area contributed by atoms with Crippen molar-refractivity contribution < 1.29 is 14.3 Å². The second-order valence-electron chi connectivity index (χ2n) is 7.62. The molecule has 6 heteroatoms. The van der Waals surface area contributed by atoms with Gasteiger partial charge in [0.1, 0.15) is 16.5 Å². The largest absolute Gasteiger partial charge is 0.495 e. The molecule has 1 N–H and O–H groups in total. The summed E-state index contributed by atoms with van der Waals surface area (Å²) in [6.07, 6.45) is 1.08. The summed E-state index contributed by atoms with van der Waals surface area (Å²) in [5, 5.41) is 3.79. The number of benzene rings is 3. The number of methoxy groups -OCH3 is 1. The molecule has 164 valence electrons.